The monoisotopic (exact) mass is 494 g/mol. The molecule has 0 radical (unpaired) electrons. The summed E-state index contributed by atoms with van der Waals surface area (Å²) >= 11 is 0. The second-order valence-corrected chi connectivity index (χ2v) is 8.03. The number of imidazole rings is 1. The Bertz CT molecular complexity index is 1500. The highest BCUT2D eigenvalue weighted by Crippen LogP contribution is 2.19. The van der Waals surface area contributed by atoms with Crippen molar-refractivity contribution in [3.8, 4) is 17.2 Å². The summed E-state index contributed by atoms with van der Waals surface area (Å²) in [6.07, 6.45) is 0.483. The Morgan fingerprint density at radius 1 is 1.06 bits per heavy atom. The van der Waals surface area contributed by atoms with E-state index in [0.717, 1.165) is 4.57 Å². The van der Waals surface area contributed by atoms with Crippen molar-refractivity contribution in [2.45, 2.75) is 12.6 Å². The van der Waals surface area contributed by atoms with Crippen LogP contribution in [0.5, 0.6) is 17.2 Å². The number of fused-ring (bicyclic) bond motifs is 1. The van der Waals surface area contributed by atoms with Gasteiger partial charge in [-0.3, -0.25) is 13.9 Å². The van der Waals surface area contributed by atoms with E-state index in [1.807, 2.05) is 0 Å². The van der Waals surface area contributed by atoms with Gasteiger partial charge in [0.25, 0.3) is 5.56 Å². The third-order valence-electron chi connectivity index (χ3n) is 5.51. The van der Waals surface area contributed by atoms with E-state index >= 15 is 0 Å². The molecule has 0 saturated heterocycles. The molecule has 0 aliphatic heterocycles. The molecule has 0 aliphatic rings. The molecule has 0 aliphatic carbocycles. The van der Waals surface area contributed by atoms with Crippen LogP contribution >= 0.6 is 0 Å². The maximum Gasteiger partial charge on any atom is 0.332 e. The van der Waals surface area contributed by atoms with Crippen molar-refractivity contribution < 1.29 is 19.7 Å². The predicted molar refractivity (Wildman–Crippen MR) is 134 cm³/mol. The molecule has 4 aromatic rings. The molecule has 12 nitrogen and oxygen atoms in total. The Morgan fingerprint density at radius 2 is 1.72 bits per heavy atom. The van der Waals surface area contributed by atoms with E-state index in [-0.39, 0.29) is 36.0 Å². The first-order valence-electron chi connectivity index (χ1n) is 11.0. The fourth-order valence-electron chi connectivity index (χ4n) is 3.56. The molecule has 2 heterocycles. The lowest BCUT2D eigenvalue weighted by Crippen LogP contribution is -2.38. The Morgan fingerprint density at radius 3 is 2.39 bits per heavy atom. The Labute approximate surface area is 205 Å². The summed E-state index contributed by atoms with van der Waals surface area (Å²) in [6.45, 7) is -0.120. The van der Waals surface area contributed by atoms with Crippen molar-refractivity contribution >= 4 is 23.3 Å². The van der Waals surface area contributed by atoms with Crippen molar-refractivity contribution in [3.05, 3.63) is 74.9 Å². The van der Waals surface area contributed by atoms with Crippen LogP contribution in [-0.2, 0) is 20.6 Å². The van der Waals surface area contributed by atoms with Crippen LogP contribution < -0.4 is 26.1 Å². The average Bonchev–Trinajstić information content (AvgIpc) is 3.24. The molecule has 1 atom stereocenters. The second-order valence-electron chi connectivity index (χ2n) is 8.03. The minimum absolute atomic E-state index is 0.0584. The van der Waals surface area contributed by atoms with Crippen LogP contribution in [-0.4, -0.2) is 54.9 Å². The molecule has 2 aromatic heterocycles. The van der Waals surface area contributed by atoms with Gasteiger partial charge >= 0.3 is 5.69 Å². The number of aromatic hydroxyl groups is 1. The average molecular weight is 495 g/mol. The zero-order valence-electron chi connectivity index (χ0n) is 20.0. The molecule has 4 rings (SSSR count). The third-order valence-corrected chi connectivity index (χ3v) is 5.51. The van der Waals surface area contributed by atoms with E-state index in [2.05, 4.69) is 15.5 Å². The minimum atomic E-state index is -1.02. The van der Waals surface area contributed by atoms with Crippen LogP contribution in [0.4, 0.5) is 5.95 Å². The van der Waals surface area contributed by atoms with E-state index in [9.17, 15) is 19.8 Å². The fourth-order valence-corrected chi connectivity index (χ4v) is 3.56. The van der Waals surface area contributed by atoms with E-state index in [1.54, 1.807) is 43.5 Å². The Kier molecular flexibility index (Phi) is 7.06. The highest BCUT2D eigenvalue weighted by Gasteiger charge is 2.21. The van der Waals surface area contributed by atoms with Gasteiger partial charge in [-0.15, -0.1) is 0 Å². The smallest absolute Gasteiger partial charge is 0.332 e. The molecule has 2 aromatic carbocycles. The van der Waals surface area contributed by atoms with Gasteiger partial charge in [-0.1, -0.05) is 0 Å². The number of nitrogens with one attached hydrogen (secondary N) is 1. The summed E-state index contributed by atoms with van der Waals surface area (Å²) in [7, 11) is 4.45. The summed E-state index contributed by atoms with van der Waals surface area (Å²) < 4.78 is 14.5. The molecule has 1 unspecified atom stereocenters. The number of methoxy groups -OCH3 is 1. The number of anilines is 1. The molecule has 0 spiro atoms. The first-order valence-corrected chi connectivity index (χ1v) is 11.0. The number of phenols is 1. The van der Waals surface area contributed by atoms with Gasteiger partial charge in [0.1, 0.15) is 30.0 Å². The highest BCUT2D eigenvalue weighted by atomic mass is 16.5. The van der Waals surface area contributed by atoms with Crippen molar-refractivity contribution in [1.29, 1.82) is 0 Å². The van der Waals surface area contributed by atoms with Crippen molar-refractivity contribution in [1.82, 2.24) is 18.7 Å². The minimum Gasteiger partial charge on any atom is -0.508 e. The quantitative estimate of drug-likeness (QED) is 0.231. The fraction of sp³-hybridized carbons (Fsp3) is 0.250. The Balaban J connectivity index is 1.62. The maximum absolute atomic E-state index is 13.0. The largest absolute Gasteiger partial charge is 0.508 e. The van der Waals surface area contributed by atoms with Gasteiger partial charge in [0, 0.05) is 14.1 Å². The number of aromatic nitrogens is 4. The van der Waals surface area contributed by atoms with E-state index in [1.165, 1.54) is 41.6 Å². The number of hydrazone groups is 1. The summed E-state index contributed by atoms with van der Waals surface area (Å²) in [5.41, 5.74) is 2.68. The number of hydrogen-bond acceptors (Lipinski definition) is 9. The number of aliphatic hydroxyl groups excluding tert-OH is 1. The first kappa shape index (κ1) is 24.5. The molecule has 0 fully saturated rings. The van der Waals surface area contributed by atoms with Gasteiger partial charge in [-0.2, -0.15) is 10.1 Å². The molecule has 0 amide bonds. The van der Waals surface area contributed by atoms with Crippen molar-refractivity contribution in [2.24, 2.45) is 19.2 Å². The van der Waals surface area contributed by atoms with Crippen molar-refractivity contribution in [3.63, 3.8) is 0 Å². The molecule has 3 N–H and O–H groups in total. The second kappa shape index (κ2) is 10.4. The van der Waals surface area contributed by atoms with Crippen LogP contribution in [0.2, 0.25) is 0 Å². The lowest BCUT2D eigenvalue weighted by atomic mass is 10.2. The predicted octanol–water partition coefficient (Wildman–Crippen LogP) is 1.03. The van der Waals surface area contributed by atoms with Crippen LogP contribution in [0.15, 0.2) is 63.2 Å². The van der Waals surface area contributed by atoms with Crippen molar-refractivity contribution in [2.75, 3.05) is 19.1 Å². The molecule has 36 heavy (non-hydrogen) atoms. The highest BCUT2D eigenvalue weighted by molar-refractivity contribution is 5.80. The maximum atomic E-state index is 13.0. The summed E-state index contributed by atoms with van der Waals surface area (Å²) in [5, 5.41) is 24.3. The molecule has 12 heteroatoms. The van der Waals surface area contributed by atoms with Gasteiger partial charge in [0.15, 0.2) is 11.2 Å². The van der Waals surface area contributed by atoms with Crippen LogP contribution in [0.3, 0.4) is 0 Å². The SMILES string of the molecule is COc1ccc(OCC(O)Cn2c(NN=Cc3ccc(O)cc3)nc3c2c(=O)n(C)c(=O)n3C)cc1. The number of rotatable bonds is 9. The van der Waals surface area contributed by atoms with Crippen LogP contribution in [0.25, 0.3) is 11.2 Å². The lowest BCUT2D eigenvalue weighted by molar-refractivity contribution is 0.0938. The number of nitrogens with zero attached hydrogens (tertiary/aromatic N) is 5. The third kappa shape index (κ3) is 5.08. The number of hydrogen-bond donors (Lipinski definition) is 3. The van der Waals surface area contributed by atoms with Gasteiger partial charge in [0.05, 0.1) is 19.9 Å². The van der Waals surface area contributed by atoms with Gasteiger partial charge in [0.2, 0.25) is 5.95 Å². The Hall–Kier alpha value is -4.58. The van der Waals surface area contributed by atoms with Gasteiger partial charge < -0.3 is 24.3 Å². The summed E-state index contributed by atoms with van der Waals surface area (Å²) in [6, 6.07) is 13.3. The molecular weight excluding hydrogens is 468 g/mol. The van der Waals surface area contributed by atoms with Crippen LogP contribution in [0.1, 0.15) is 5.56 Å². The standard InChI is InChI=1S/C24H26N6O6/c1-28-21-20(22(33)29(2)24(28)34)30(13-17(32)14-36-19-10-8-18(35-3)9-11-19)23(26-21)27-25-12-15-4-6-16(31)7-5-15/h4-12,17,31-32H,13-14H2,1-3H3,(H,26,27). The molecule has 0 saturated carbocycles. The van der Waals surface area contributed by atoms with Crippen LogP contribution in [0, 0.1) is 0 Å². The summed E-state index contributed by atoms with van der Waals surface area (Å²) in [4.78, 5) is 29.8. The zero-order chi connectivity index (χ0) is 25.8. The topological polar surface area (TPSA) is 145 Å². The summed E-state index contributed by atoms with van der Waals surface area (Å²) in [5.74, 6) is 1.50. The zero-order valence-corrected chi connectivity index (χ0v) is 20.0. The number of ether oxygens (including phenoxy) is 2. The molecule has 0 bridgehead atoms. The lowest BCUT2D eigenvalue weighted by Gasteiger charge is -2.15. The van der Waals surface area contributed by atoms with E-state index in [4.69, 9.17) is 9.47 Å². The number of aliphatic hydroxyl groups is 1. The first-order chi connectivity index (χ1) is 17.3. The number of aryl methyl sites for hydroxylation is 1. The molecule has 188 valence electrons. The van der Waals surface area contributed by atoms with Gasteiger partial charge in [-0.25, -0.2) is 10.2 Å². The normalized spacial score (nSPS) is 12.2. The van der Waals surface area contributed by atoms with E-state index in [0.29, 0.717) is 17.1 Å². The number of phenolic OH excluding ortho intramolecular Hbond substituents is 1. The van der Waals surface area contributed by atoms with Gasteiger partial charge in [-0.05, 0) is 54.1 Å². The molecular formula is C24H26N6O6. The number of benzene rings is 2. The van der Waals surface area contributed by atoms with E-state index < -0.39 is 17.4 Å².